The van der Waals surface area contributed by atoms with E-state index in [1.54, 1.807) is 20.8 Å². The summed E-state index contributed by atoms with van der Waals surface area (Å²) in [5.74, 6) is -0.378. The van der Waals surface area contributed by atoms with Crippen molar-refractivity contribution in [3.63, 3.8) is 0 Å². The average Bonchev–Trinajstić information content (AvgIpc) is 2.26. The van der Waals surface area contributed by atoms with Crippen LogP contribution in [0.3, 0.4) is 0 Å². The van der Waals surface area contributed by atoms with Gasteiger partial charge in [-0.05, 0) is 6.08 Å². The average molecular weight is 287 g/mol. The molecule has 2 atom stereocenters. The Morgan fingerprint density at radius 2 is 2.11 bits per heavy atom. The van der Waals surface area contributed by atoms with Crippen LogP contribution in [0, 0.1) is 5.41 Å². The fraction of sp³-hybridized carbons (Fsp3) is 0.667. The number of Topliss-reactive ketones (excluding diaryl/α,β-unsaturated/α-hetero) is 1. The van der Waals surface area contributed by atoms with Crippen molar-refractivity contribution in [3.8, 4) is 0 Å². The van der Waals surface area contributed by atoms with Gasteiger partial charge in [-0.15, -0.1) is 0 Å². The van der Waals surface area contributed by atoms with Gasteiger partial charge < -0.3 is 9.64 Å². The van der Waals surface area contributed by atoms with Crippen molar-refractivity contribution in [1.82, 2.24) is 4.90 Å². The zero-order valence-electron chi connectivity index (χ0n) is 11.1. The van der Waals surface area contributed by atoms with E-state index in [2.05, 4.69) is 0 Å². The van der Waals surface area contributed by atoms with Gasteiger partial charge in [0.2, 0.25) is 15.7 Å². The Balaban J connectivity index is 2.06. The number of amides is 1. The zero-order valence-corrected chi connectivity index (χ0v) is 11.9. The van der Waals surface area contributed by atoms with Crippen LogP contribution in [0.2, 0.25) is 0 Å². The number of sulfone groups is 1. The first kappa shape index (κ1) is 14.2. The molecule has 2 aliphatic rings. The van der Waals surface area contributed by atoms with Gasteiger partial charge in [0.05, 0.1) is 6.42 Å². The molecule has 0 saturated carbocycles. The topological polar surface area (TPSA) is 80.8 Å². The lowest BCUT2D eigenvalue weighted by Gasteiger charge is -2.41. The van der Waals surface area contributed by atoms with Crippen LogP contribution in [-0.4, -0.2) is 42.4 Å². The van der Waals surface area contributed by atoms with Gasteiger partial charge in [0.15, 0.2) is 11.2 Å². The predicted octanol–water partition coefficient (Wildman–Crippen LogP) is 0.445. The first-order valence-corrected chi connectivity index (χ1v) is 7.62. The van der Waals surface area contributed by atoms with Crippen molar-refractivity contribution in [2.75, 3.05) is 6.61 Å². The monoisotopic (exact) mass is 287 g/mol. The maximum Gasteiger partial charge on any atom is 0.230 e. The summed E-state index contributed by atoms with van der Waals surface area (Å²) in [6.07, 6.45) is 2.71. The molecular weight excluding hydrogens is 270 g/mol. The number of hydrogen-bond acceptors (Lipinski definition) is 5. The second-order valence-corrected chi connectivity index (χ2v) is 7.93. The lowest BCUT2D eigenvalue weighted by Crippen LogP contribution is -2.58. The quantitative estimate of drug-likeness (QED) is 0.704. The molecule has 7 heteroatoms. The molecule has 0 bridgehead atoms. The molecule has 1 saturated heterocycles. The van der Waals surface area contributed by atoms with Crippen LogP contribution < -0.4 is 0 Å². The van der Waals surface area contributed by atoms with Crippen molar-refractivity contribution in [2.45, 2.75) is 38.0 Å². The van der Waals surface area contributed by atoms with Crippen molar-refractivity contribution < 1.29 is 22.7 Å². The maximum absolute atomic E-state index is 12.1. The highest BCUT2D eigenvalue weighted by Crippen LogP contribution is 2.32. The Morgan fingerprint density at radius 3 is 2.63 bits per heavy atom. The van der Waals surface area contributed by atoms with Crippen molar-refractivity contribution in [3.05, 3.63) is 12.3 Å². The van der Waals surface area contributed by atoms with E-state index in [9.17, 15) is 18.0 Å². The minimum absolute atomic E-state index is 0.0141. The molecule has 0 aliphatic carbocycles. The van der Waals surface area contributed by atoms with E-state index in [1.807, 2.05) is 0 Å². The minimum atomic E-state index is -3.59. The van der Waals surface area contributed by atoms with Gasteiger partial charge in [0.25, 0.3) is 0 Å². The molecule has 19 heavy (non-hydrogen) atoms. The molecular formula is C12H17NO5S. The van der Waals surface area contributed by atoms with Crippen molar-refractivity contribution in [1.29, 1.82) is 0 Å². The van der Waals surface area contributed by atoms with Gasteiger partial charge in [-0.2, -0.15) is 0 Å². The summed E-state index contributed by atoms with van der Waals surface area (Å²) in [5.41, 5.74) is -1.71. The molecule has 0 aromatic rings. The van der Waals surface area contributed by atoms with Crippen molar-refractivity contribution >= 4 is 21.5 Å². The fourth-order valence-electron chi connectivity index (χ4n) is 1.81. The second-order valence-electron chi connectivity index (χ2n) is 5.74. The summed E-state index contributed by atoms with van der Waals surface area (Å²) in [7, 11) is -3.59. The smallest absolute Gasteiger partial charge is 0.230 e. The molecule has 2 heterocycles. The molecule has 0 aromatic carbocycles. The van der Waals surface area contributed by atoms with Crippen LogP contribution in [-0.2, 0) is 24.2 Å². The Kier molecular flexibility index (Phi) is 3.30. The van der Waals surface area contributed by atoms with Crippen molar-refractivity contribution in [2.24, 2.45) is 5.41 Å². The summed E-state index contributed by atoms with van der Waals surface area (Å²) in [4.78, 5) is 24.1. The van der Waals surface area contributed by atoms with Gasteiger partial charge in [-0.25, -0.2) is 8.42 Å². The van der Waals surface area contributed by atoms with Crippen LogP contribution in [0.5, 0.6) is 0 Å². The second kappa shape index (κ2) is 4.42. The van der Waals surface area contributed by atoms with Gasteiger partial charge in [-0.1, -0.05) is 20.8 Å². The molecule has 1 amide bonds. The molecule has 0 spiro atoms. The molecule has 0 N–H and O–H groups in total. The SMILES string of the molecule is CC(C)(C)C(=O)COC1C=CN2C(=O)C[C@H]2S1(=O)=O. The van der Waals surface area contributed by atoms with Gasteiger partial charge in [-0.3, -0.25) is 9.59 Å². The third-order valence-corrected chi connectivity index (χ3v) is 5.36. The zero-order chi connectivity index (χ0) is 14.4. The fourth-order valence-corrected chi connectivity index (χ4v) is 3.54. The van der Waals surface area contributed by atoms with Gasteiger partial charge >= 0.3 is 0 Å². The van der Waals surface area contributed by atoms with E-state index in [0.717, 1.165) is 0 Å². The highest BCUT2D eigenvalue weighted by Gasteiger charge is 2.50. The number of hydrogen-bond donors (Lipinski definition) is 0. The normalized spacial score (nSPS) is 28.8. The van der Waals surface area contributed by atoms with Crippen LogP contribution in [0.1, 0.15) is 27.2 Å². The largest absolute Gasteiger partial charge is 0.350 e. The van der Waals surface area contributed by atoms with Gasteiger partial charge in [0, 0.05) is 11.6 Å². The number of rotatable bonds is 3. The van der Waals surface area contributed by atoms with E-state index < -0.39 is 26.1 Å². The van der Waals surface area contributed by atoms with E-state index in [4.69, 9.17) is 4.74 Å². The molecule has 2 rings (SSSR count). The van der Waals surface area contributed by atoms with E-state index >= 15 is 0 Å². The van der Waals surface area contributed by atoms with Crippen LogP contribution in [0.15, 0.2) is 12.3 Å². The minimum Gasteiger partial charge on any atom is -0.350 e. The lowest BCUT2D eigenvalue weighted by molar-refractivity contribution is -0.138. The Morgan fingerprint density at radius 1 is 1.47 bits per heavy atom. The molecule has 1 unspecified atom stereocenters. The number of ether oxygens (including phenoxy) is 1. The summed E-state index contributed by atoms with van der Waals surface area (Å²) in [6.45, 7) is 4.99. The lowest BCUT2D eigenvalue weighted by atomic mass is 9.91. The summed E-state index contributed by atoms with van der Waals surface area (Å²) >= 11 is 0. The number of ketones is 1. The highest BCUT2D eigenvalue weighted by molar-refractivity contribution is 7.92. The molecule has 0 aromatic heterocycles. The number of β-lactam (4-membered cyclic amide) rings is 1. The molecule has 2 aliphatic heterocycles. The standard InChI is InChI=1S/C12H17NO5S/c1-12(2,3)8(14)7-18-11-4-5-13-9(15)6-10(13)19(11,16)17/h4-5,10-11H,6-7H2,1-3H3/t10-,11?/m1/s1. The Bertz CT molecular complexity index is 543. The molecule has 1 fully saturated rings. The Labute approximate surface area is 112 Å². The maximum atomic E-state index is 12.1. The predicted molar refractivity (Wildman–Crippen MR) is 67.5 cm³/mol. The highest BCUT2D eigenvalue weighted by atomic mass is 32.2. The molecule has 6 nitrogen and oxygen atoms in total. The van der Waals surface area contributed by atoms with Gasteiger partial charge in [0.1, 0.15) is 12.0 Å². The van der Waals surface area contributed by atoms with Crippen LogP contribution >= 0.6 is 0 Å². The first-order chi connectivity index (χ1) is 8.64. The van der Waals surface area contributed by atoms with E-state index in [1.165, 1.54) is 17.2 Å². The van der Waals surface area contributed by atoms with Crippen LogP contribution in [0.25, 0.3) is 0 Å². The summed E-state index contributed by atoms with van der Waals surface area (Å²) < 4.78 is 29.4. The first-order valence-electron chi connectivity index (χ1n) is 6.01. The number of carbonyl (C=O) groups excluding carboxylic acids is 2. The number of fused-ring (bicyclic) bond motifs is 1. The van der Waals surface area contributed by atoms with E-state index in [-0.39, 0.29) is 24.7 Å². The van der Waals surface area contributed by atoms with E-state index in [0.29, 0.717) is 0 Å². The number of nitrogens with zero attached hydrogens (tertiary/aromatic N) is 1. The van der Waals surface area contributed by atoms with Crippen LogP contribution in [0.4, 0.5) is 0 Å². The third-order valence-electron chi connectivity index (χ3n) is 3.27. The third kappa shape index (κ3) is 2.44. The summed E-state index contributed by atoms with van der Waals surface area (Å²) in [6, 6.07) is 0. The molecule has 106 valence electrons. The Hall–Kier alpha value is -1.21. The number of carbonyl (C=O) groups is 2. The summed E-state index contributed by atoms with van der Waals surface area (Å²) in [5, 5.41) is -0.834. The molecule has 0 radical (unpaired) electrons.